The number of hydrogen-bond acceptors (Lipinski definition) is 4. The Labute approximate surface area is 132 Å². The Morgan fingerprint density at radius 1 is 1.23 bits per heavy atom. The van der Waals surface area contributed by atoms with E-state index in [1.54, 1.807) is 11.3 Å². The number of aromatic nitrogens is 1. The quantitative estimate of drug-likeness (QED) is 0.793. The molecule has 0 fully saturated rings. The molecule has 3 aromatic rings. The Balaban J connectivity index is 1.65. The molecule has 1 aromatic carbocycles. The maximum atomic E-state index is 12.1. The molecule has 0 saturated carbocycles. The van der Waals surface area contributed by atoms with Crippen LogP contribution in [-0.4, -0.2) is 11.1 Å². The van der Waals surface area contributed by atoms with Crippen LogP contribution in [0.4, 0.5) is 0 Å². The summed E-state index contributed by atoms with van der Waals surface area (Å²) >= 11 is 1.59. The molecule has 3 rings (SSSR count). The second kappa shape index (κ2) is 6.15. The Kier molecular flexibility index (Phi) is 4.06. The minimum atomic E-state index is -0.108. The molecular formula is C17H16N2O2S. The van der Waals surface area contributed by atoms with E-state index in [1.807, 2.05) is 55.6 Å². The van der Waals surface area contributed by atoms with Gasteiger partial charge in [-0.05, 0) is 48.6 Å². The molecule has 0 unspecified atom stereocenters. The second-order valence-corrected chi connectivity index (χ2v) is 6.09. The van der Waals surface area contributed by atoms with E-state index in [0.29, 0.717) is 17.8 Å². The number of nitrogens with zero attached hydrogens (tertiary/aromatic N) is 1. The molecule has 0 aliphatic carbocycles. The summed E-state index contributed by atoms with van der Waals surface area (Å²) in [5.74, 6) is 0.620. The molecular weight excluding hydrogens is 296 g/mol. The van der Waals surface area contributed by atoms with Gasteiger partial charge in [-0.3, -0.25) is 4.79 Å². The van der Waals surface area contributed by atoms with Gasteiger partial charge in [0.1, 0.15) is 5.69 Å². The molecule has 4 nitrogen and oxygen atoms in total. The van der Waals surface area contributed by atoms with Crippen molar-refractivity contribution in [2.45, 2.75) is 20.4 Å². The summed E-state index contributed by atoms with van der Waals surface area (Å²) in [6, 6.07) is 11.5. The van der Waals surface area contributed by atoms with Crippen LogP contribution in [-0.2, 0) is 6.54 Å². The molecule has 0 radical (unpaired) electrons. The summed E-state index contributed by atoms with van der Waals surface area (Å²) in [5, 5.41) is 8.83. The van der Waals surface area contributed by atoms with Crippen molar-refractivity contribution in [3.8, 4) is 10.6 Å². The average Bonchev–Trinajstić information content (AvgIpc) is 3.18. The van der Waals surface area contributed by atoms with E-state index in [0.717, 1.165) is 16.2 Å². The average molecular weight is 312 g/mol. The highest BCUT2D eigenvalue weighted by molar-refractivity contribution is 7.13. The van der Waals surface area contributed by atoms with Gasteiger partial charge in [0.15, 0.2) is 5.76 Å². The largest absolute Gasteiger partial charge is 0.355 e. The van der Waals surface area contributed by atoms with Crippen LogP contribution >= 0.6 is 11.3 Å². The maximum Gasteiger partial charge on any atom is 0.251 e. The lowest BCUT2D eigenvalue weighted by Crippen LogP contribution is -2.23. The number of rotatable bonds is 4. The molecule has 0 spiro atoms. The SMILES string of the molecule is Cc1ccc(C(=O)NCc2cc(-c3cccs3)on2)cc1C. The standard InChI is InChI=1S/C17H16N2O2S/c1-11-5-6-13(8-12(11)2)17(20)18-10-14-9-15(21-19-14)16-4-3-7-22-16/h3-9H,10H2,1-2H3,(H,18,20). The van der Waals surface area contributed by atoms with Gasteiger partial charge in [0.05, 0.1) is 11.4 Å². The van der Waals surface area contributed by atoms with Crippen LogP contribution < -0.4 is 5.32 Å². The normalized spacial score (nSPS) is 10.6. The van der Waals surface area contributed by atoms with Crippen LogP contribution in [0.25, 0.3) is 10.6 Å². The zero-order chi connectivity index (χ0) is 15.5. The fourth-order valence-corrected chi connectivity index (χ4v) is 2.76. The fourth-order valence-electron chi connectivity index (χ4n) is 2.09. The fraction of sp³-hybridized carbons (Fsp3) is 0.176. The third-order valence-electron chi connectivity index (χ3n) is 3.52. The molecule has 0 atom stereocenters. The zero-order valence-corrected chi connectivity index (χ0v) is 13.2. The van der Waals surface area contributed by atoms with Crippen LogP contribution in [0, 0.1) is 13.8 Å². The van der Waals surface area contributed by atoms with Crippen molar-refractivity contribution in [1.29, 1.82) is 0 Å². The summed E-state index contributed by atoms with van der Waals surface area (Å²) in [6.07, 6.45) is 0. The maximum absolute atomic E-state index is 12.1. The molecule has 0 aliphatic rings. The van der Waals surface area contributed by atoms with Crippen molar-refractivity contribution in [3.63, 3.8) is 0 Å². The number of carbonyl (C=O) groups excluding carboxylic acids is 1. The lowest BCUT2D eigenvalue weighted by Gasteiger charge is -2.05. The smallest absolute Gasteiger partial charge is 0.251 e. The number of benzene rings is 1. The molecule has 1 N–H and O–H groups in total. The summed E-state index contributed by atoms with van der Waals surface area (Å²) in [4.78, 5) is 13.2. The number of carbonyl (C=O) groups is 1. The Morgan fingerprint density at radius 2 is 2.09 bits per heavy atom. The third kappa shape index (κ3) is 3.09. The lowest BCUT2D eigenvalue weighted by molar-refractivity contribution is 0.0950. The molecule has 0 bridgehead atoms. The van der Waals surface area contributed by atoms with Crippen LogP contribution in [0.15, 0.2) is 46.3 Å². The first-order chi connectivity index (χ1) is 10.6. The van der Waals surface area contributed by atoms with Crippen LogP contribution in [0.3, 0.4) is 0 Å². The first-order valence-electron chi connectivity index (χ1n) is 6.98. The summed E-state index contributed by atoms with van der Waals surface area (Å²) in [6.45, 7) is 4.37. The van der Waals surface area contributed by atoms with Crippen molar-refractivity contribution in [1.82, 2.24) is 10.5 Å². The van der Waals surface area contributed by atoms with Crippen LogP contribution in [0.1, 0.15) is 27.2 Å². The first kappa shape index (κ1) is 14.5. The molecule has 0 saturated heterocycles. The number of amides is 1. The number of nitrogens with one attached hydrogen (secondary N) is 1. The number of thiophene rings is 1. The van der Waals surface area contributed by atoms with Gasteiger partial charge in [0.2, 0.25) is 0 Å². The minimum absolute atomic E-state index is 0.108. The summed E-state index contributed by atoms with van der Waals surface area (Å²) in [7, 11) is 0. The highest BCUT2D eigenvalue weighted by Crippen LogP contribution is 2.25. The van der Waals surface area contributed by atoms with Gasteiger partial charge in [-0.25, -0.2) is 0 Å². The Morgan fingerprint density at radius 3 is 2.82 bits per heavy atom. The van der Waals surface area contributed by atoms with Gasteiger partial charge in [-0.15, -0.1) is 11.3 Å². The second-order valence-electron chi connectivity index (χ2n) is 5.14. The molecule has 0 aliphatic heterocycles. The van der Waals surface area contributed by atoms with E-state index >= 15 is 0 Å². The van der Waals surface area contributed by atoms with Gasteiger partial charge in [0, 0.05) is 11.6 Å². The lowest BCUT2D eigenvalue weighted by atomic mass is 10.1. The van der Waals surface area contributed by atoms with Crippen molar-refractivity contribution >= 4 is 17.2 Å². The number of aryl methyl sites for hydroxylation is 2. The summed E-state index contributed by atoms with van der Waals surface area (Å²) < 4.78 is 5.29. The van der Waals surface area contributed by atoms with Gasteiger partial charge >= 0.3 is 0 Å². The Hall–Kier alpha value is -2.40. The molecule has 22 heavy (non-hydrogen) atoms. The minimum Gasteiger partial charge on any atom is -0.355 e. The highest BCUT2D eigenvalue weighted by Gasteiger charge is 2.10. The molecule has 2 heterocycles. The van der Waals surface area contributed by atoms with Gasteiger partial charge in [0.25, 0.3) is 5.91 Å². The monoisotopic (exact) mass is 312 g/mol. The van der Waals surface area contributed by atoms with E-state index < -0.39 is 0 Å². The van der Waals surface area contributed by atoms with Crippen molar-refractivity contribution < 1.29 is 9.32 Å². The molecule has 5 heteroatoms. The van der Waals surface area contributed by atoms with Crippen LogP contribution in [0.5, 0.6) is 0 Å². The van der Waals surface area contributed by atoms with E-state index in [1.165, 1.54) is 5.56 Å². The Bertz CT molecular complexity index is 791. The van der Waals surface area contributed by atoms with Gasteiger partial charge < -0.3 is 9.84 Å². The zero-order valence-electron chi connectivity index (χ0n) is 12.4. The first-order valence-corrected chi connectivity index (χ1v) is 7.86. The predicted octanol–water partition coefficient (Wildman–Crippen LogP) is 3.95. The third-order valence-corrected chi connectivity index (χ3v) is 4.41. The molecule has 112 valence electrons. The summed E-state index contributed by atoms with van der Waals surface area (Å²) in [5.41, 5.74) is 3.65. The predicted molar refractivity (Wildman–Crippen MR) is 86.9 cm³/mol. The topological polar surface area (TPSA) is 55.1 Å². The van der Waals surface area contributed by atoms with E-state index in [-0.39, 0.29) is 5.91 Å². The van der Waals surface area contributed by atoms with Crippen molar-refractivity contribution in [2.24, 2.45) is 0 Å². The van der Waals surface area contributed by atoms with E-state index in [4.69, 9.17) is 4.52 Å². The van der Waals surface area contributed by atoms with E-state index in [9.17, 15) is 4.79 Å². The van der Waals surface area contributed by atoms with Gasteiger partial charge in [-0.2, -0.15) is 0 Å². The van der Waals surface area contributed by atoms with Crippen molar-refractivity contribution in [3.05, 3.63) is 64.2 Å². The highest BCUT2D eigenvalue weighted by atomic mass is 32.1. The molecule has 2 aromatic heterocycles. The van der Waals surface area contributed by atoms with Gasteiger partial charge in [-0.1, -0.05) is 17.3 Å². The van der Waals surface area contributed by atoms with E-state index in [2.05, 4.69) is 10.5 Å². The number of hydrogen-bond donors (Lipinski definition) is 1. The van der Waals surface area contributed by atoms with Crippen molar-refractivity contribution in [2.75, 3.05) is 0 Å². The molecule has 1 amide bonds. The van der Waals surface area contributed by atoms with Crippen LogP contribution in [0.2, 0.25) is 0 Å².